The summed E-state index contributed by atoms with van der Waals surface area (Å²) in [4.78, 5) is 25.7. The maximum absolute atomic E-state index is 12.5. The summed E-state index contributed by atoms with van der Waals surface area (Å²) in [5.74, 6) is -0.313. The first kappa shape index (κ1) is 14.8. The van der Waals surface area contributed by atoms with Crippen molar-refractivity contribution in [3.8, 4) is 0 Å². The van der Waals surface area contributed by atoms with Crippen molar-refractivity contribution < 1.29 is 14.3 Å². The Balaban J connectivity index is 2.14. The Hall–Kier alpha value is -1.59. The van der Waals surface area contributed by atoms with Crippen LogP contribution < -0.4 is 5.32 Å². The van der Waals surface area contributed by atoms with Crippen LogP contribution in [0.15, 0.2) is 18.2 Å². The third kappa shape index (κ3) is 3.11. The van der Waals surface area contributed by atoms with Crippen LogP contribution in [-0.4, -0.2) is 49.6 Å². The number of nitrogens with zero attached hydrogens (tertiary/aromatic N) is 1. The molecular weight excluding hydrogens is 280 g/mol. The molecule has 1 aliphatic rings. The molecule has 0 aromatic heterocycles. The van der Waals surface area contributed by atoms with E-state index in [9.17, 15) is 9.59 Å². The van der Waals surface area contributed by atoms with E-state index in [1.54, 1.807) is 30.1 Å². The molecule has 5 nitrogen and oxygen atoms in total. The lowest BCUT2D eigenvalue weighted by Crippen LogP contribution is -2.51. The third-order valence-electron chi connectivity index (χ3n) is 3.31. The number of hydrogen-bond acceptors (Lipinski definition) is 3. The topological polar surface area (TPSA) is 58.6 Å². The van der Waals surface area contributed by atoms with Crippen LogP contribution in [-0.2, 0) is 9.53 Å². The first-order valence-electron chi connectivity index (χ1n) is 6.41. The van der Waals surface area contributed by atoms with E-state index in [4.69, 9.17) is 16.3 Å². The molecule has 0 aliphatic carbocycles. The smallest absolute Gasteiger partial charge is 0.254 e. The van der Waals surface area contributed by atoms with Gasteiger partial charge in [0.25, 0.3) is 11.8 Å². The Bertz CT molecular complexity index is 533. The molecule has 1 atom stereocenters. The van der Waals surface area contributed by atoms with Gasteiger partial charge in [-0.2, -0.15) is 0 Å². The van der Waals surface area contributed by atoms with Crippen molar-refractivity contribution in [2.75, 3.05) is 26.7 Å². The standard InChI is InChI=1S/C14H17ClN2O3/c1-9-7-10(15)3-4-11(9)14(19)17-5-6-20-12(8-17)13(18)16-2/h3-4,7,12H,5-6,8H2,1-2H3,(H,16,18)/t12-/m0/s1. The van der Waals surface area contributed by atoms with Crippen molar-refractivity contribution >= 4 is 23.4 Å². The highest BCUT2D eigenvalue weighted by atomic mass is 35.5. The van der Waals surface area contributed by atoms with E-state index < -0.39 is 6.10 Å². The molecule has 0 radical (unpaired) electrons. The van der Waals surface area contributed by atoms with Gasteiger partial charge in [-0.25, -0.2) is 0 Å². The molecule has 0 spiro atoms. The minimum Gasteiger partial charge on any atom is -0.365 e. The molecule has 1 heterocycles. The molecule has 6 heteroatoms. The summed E-state index contributed by atoms with van der Waals surface area (Å²) in [6.45, 7) is 2.95. The summed E-state index contributed by atoms with van der Waals surface area (Å²) < 4.78 is 5.37. The van der Waals surface area contributed by atoms with E-state index in [0.717, 1.165) is 5.56 Å². The highest BCUT2D eigenvalue weighted by Crippen LogP contribution is 2.18. The number of morpholine rings is 1. The monoisotopic (exact) mass is 296 g/mol. The second-order valence-electron chi connectivity index (χ2n) is 4.68. The fourth-order valence-electron chi connectivity index (χ4n) is 2.19. The van der Waals surface area contributed by atoms with Crippen LogP contribution in [0.3, 0.4) is 0 Å². The van der Waals surface area contributed by atoms with Crippen LogP contribution >= 0.6 is 11.6 Å². The summed E-state index contributed by atoms with van der Waals surface area (Å²) in [6.07, 6.45) is -0.606. The molecule has 108 valence electrons. The van der Waals surface area contributed by atoms with Crippen LogP contribution in [0.1, 0.15) is 15.9 Å². The molecule has 0 unspecified atom stereocenters. The average Bonchev–Trinajstić information content (AvgIpc) is 2.46. The van der Waals surface area contributed by atoms with Gasteiger partial charge in [-0.05, 0) is 30.7 Å². The quantitative estimate of drug-likeness (QED) is 0.893. The van der Waals surface area contributed by atoms with Gasteiger partial charge in [0.1, 0.15) is 0 Å². The van der Waals surface area contributed by atoms with Gasteiger partial charge >= 0.3 is 0 Å². The van der Waals surface area contributed by atoms with E-state index in [0.29, 0.717) is 23.7 Å². The number of rotatable bonds is 2. The highest BCUT2D eigenvalue weighted by molar-refractivity contribution is 6.30. The van der Waals surface area contributed by atoms with Gasteiger partial charge < -0.3 is 15.0 Å². The van der Waals surface area contributed by atoms with Crippen molar-refractivity contribution in [3.63, 3.8) is 0 Å². The fourth-order valence-corrected chi connectivity index (χ4v) is 2.42. The lowest BCUT2D eigenvalue weighted by atomic mass is 10.1. The summed E-state index contributed by atoms with van der Waals surface area (Å²) in [5, 5.41) is 3.13. The van der Waals surface area contributed by atoms with E-state index in [1.807, 2.05) is 6.92 Å². The number of carbonyl (C=O) groups is 2. The number of likely N-dealkylation sites (N-methyl/N-ethyl adjacent to an activating group) is 1. The molecule has 2 amide bonds. The minimum atomic E-state index is -0.606. The maximum atomic E-state index is 12.5. The second-order valence-corrected chi connectivity index (χ2v) is 5.12. The number of aryl methyl sites for hydroxylation is 1. The number of carbonyl (C=O) groups excluding carboxylic acids is 2. The predicted octanol–water partition coefficient (Wildman–Crippen LogP) is 1.24. The van der Waals surface area contributed by atoms with Gasteiger partial charge in [-0.1, -0.05) is 11.6 Å². The van der Waals surface area contributed by atoms with E-state index in [2.05, 4.69) is 5.32 Å². The van der Waals surface area contributed by atoms with Crippen LogP contribution in [0.25, 0.3) is 0 Å². The Morgan fingerprint density at radius 2 is 2.20 bits per heavy atom. The lowest BCUT2D eigenvalue weighted by molar-refractivity contribution is -0.136. The van der Waals surface area contributed by atoms with Crippen LogP contribution in [0.4, 0.5) is 0 Å². The van der Waals surface area contributed by atoms with Gasteiger partial charge in [0.2, 0.25) is 0 Å². The predicted molar refractivity (Wildman–Crippen MR) is 75.9 cm³/mol. The SMILES string of the molecule is CNC(=O)[C@@H]1CN(C(=O)c2ccc(Cl)cc2C)CCO1. The van der Waals surface area contributed by atoms with Crippen molar-refractivity contribution in [2.45, 2.75) is 13.0 Å². The molecule has 0 bridgehead atoms. The van der Waals surface area contributed by atoms with Crippen molar-refractivity contribution in [1.82, 2.24) is 10.2 Å². The molecule has 20 heavy (non-hydrogen) atoms. The Kier molecular flexibility index (Phi) is 4.62. The Morgan fingerprint density at radius 1 is 1.45 bits per heavy atom. The summed E-state index contributed by atoms with van der Waals surface area (Å²) in [7, 11) is 1.55. The highest BCUT2D eigenvalue weighted by Gasteiger charge is 2.29. The number of amides is 2. The lowest BCUT2D eigenvalue weighted by Gasteiger charge is -2.32. The number of halogens is 1. The molecule has 1 saturated heterocycles. The van der Waals surface area contributed by atoms with Gasteiger partial charge in [0.05, 0.1) is 13.2 Å². The number of hydrogen-bond donors (Lipinski definition) is 1. The summed E-state index contributed by atoms with van der Waals surface area (Å²) in [5.41, 5.74) is 1.43. The van der Waals surface area contributed by atoms with E-state index >= 15 is 0 Å². The zero-order valence-electron chi connectivity index (χ0n) is 11.5. The van der Waals surface area contributed by atoms with E-state index in [1.165, 1.54) is 0 Å². The molecule has 1 fully saturated rings. The van der Waals surface area contributed by atoms with Gasteiger partial charge in [0.15, 0.2) is 6.10 Å². The number of ether oxygens (including phenoxy) is 1. The van der Waals surface area contributed by atoms with Gasteiger partial charge in [-0.3, -0.25) is 9.59 Å². The first-order chi connectivity index (χ1) is 9.52. The zero-order chi connectivity index (χ0) is 14.7. The largest absolute Gasteiger partial charge is 0.365 e. The van der Waals surface area contributed by atoms with Gasteiger partial charge in [0, 0.05) is 24.2 Å². The molecular formula is C14H17ClN2O3. The third-order valence-corrected chi connectivity index (χ3v) is 3.55. The van der Waals surface area contributed by atoms with Crippen molar-refractivity contribution in [3.05, 3.63) is 34.3 Å². The number of nitrogens with one attached hydrogen (secondary N) is 1. The molecule has 0 saturated carbocycles. The second kappa shape index (κ2) is 6.24. The minimum absolute atomic E-state index is 0.101. The van der Waals surface area contributed by atoms with Gasteiger partial charge in [-0.15, -0.1) is 0 Å². The number of benzene rings is 1. The summed E-state index contributed by atoms with van der Waals surface area (Å²) in [6, 6.07) is 5.16. The fraction of sp³-hybridized carbons (Fsp3) is 0.429. The zero-order valence-corrected chi connectivity index (χ0v) is 12.2. The van der Waals surface area contributed by atoms with Crippen LogP contribution in [0.5, 0.6) is 0 Å². The Labute approximate surface area is 122 Å². The summed E-state index contributed by atoms with van der Waals surface area (Å²) >= 11 is 5.89. The normalized spacial score (nSPS) is 18.8. The first-order valence-corrected chi connectivity index (χ1v) is 6.79. The van der Waals surface area contributed by atoms with Crippen LogP contribution in [0, 0.1) is 6.92 Å². The molecule has 1 aromatic rings. The molecule has 2 rings (SSSR count). The average molecular weight is 297 g/mol. The van der Waals surface area contributed by atoms with Crippen molar-refractivity contribution in [2.24, 2.45) is 0 Å². The Morgan fingerprint density at radius 3 is 2.85 bits per heavy atom. The van der Waals surface area contributed by atoms with E-state index in [-0.39, 0.29) is 18.4 Å². The molecule has 1 aromatic carbocycles. The molecule has 1 aliphatic heterocycles. The molecule has 1 N–H and O–H groups in total. The van der Waals surface area contributed by atoms with Crippen molar-refractivity contribution in [1.29, 1.82) is 0 Å². The maximum Gasteiger partial charge on any atom is 0.254 e. The van der Waals surface area contributed by atoms with Crippen LogP contribution in [0.2, 0.25) is 5.02 Å².